The van der Waals surface area contributed by atoms with Crippen LogP contribution >= 0.6 is 22.4 Å². The SMILES string of the molecule is CS(=O)(=O)Nc1ccc(CNC(=S)NCc2ccc(S(F)(F)(F)(F)F)cc2)cc1F. The predicted octanol–water partition coefficient (Wildman–Crippen LogP) is 5.02. The average Bonchev–Trinajstić information content (AvgIpc) is 2.57. The molecule has 0 atom stereocenters. The molecule has 0 aliphatic heterocycles. The van der Waals surface area contributed by atoms with Gasteiger partial charge in [-0.05, 0) is 47.6 Å². The third-order valence-electron chi connectivity index (χ3n) is 3.60. The Morgan fingerprint density at radius 1 is 0.933 bits per heavy atom. The summed E-state index contributed by atoms with van der Waals surface area (Å²) in [5.41, 5.74) is 0.514. The average molecular weight is 494 g/mol. The van der Waals surface area contributed by atoms with Crippen LogP contribution in [0.5, 0.6) is 0 Å². The lowest BCUT2D eigenvalue weighted by Gasteiger charge is -2.40. The van der Waals surface area contributed by atoms with E-state index < -0.39 is 31.0 Å². The predicted molar refractivity (Wildman–Crippen MR) is 109 cm³/mol. The first-order chi connectivity index (χ1) is 13.4. The Bertz CT molecular complexity index is 1060. The van der Waals surface area contributed by atoms with Crippen molar-refractivity contribution >= 4 is 43.3 Å². The highest BCUT2D eigenvalue weighted by molar-refractivity contribution is 8.45. The summed E-state index contributed by atoms with van der Waals surface area (Å²) >= 11 is 5.00. The highest BCUT2D eigenvalue weighted by Gasteiger charge is 2.65. The molecule has 14 heteroatoms. The molecule has 2 aromatic carbocycles. The minimum atomic E-state index is -9.71. The molecule has 2 rings (SSSR count). The van der Waals surface area contributed by atoms with Crippen molar-refractivity contribution in [1.82, 2.24) is 10.6 Å². The van der Waals surface area contributed by atoms with Crippen molar-refractivity contribution in [3.8, 4) is 0 Å². The fraction of sp³-hybridized carbons (Fsp3) is 0.188. The van der Waals surface area contributed by atoms with E-state index in [2.05, 4.69) is 10.6 Å². The quantitative estimate of drug-likeness (QED) is 0.373. The molecule has 0 aromatic heterocycles. The van der Waals surface area contributed by atoms with Crippen LogP contribution in [0.15, 0.2) is 47.4 Å². The smallest absolute Gasteiger partial charge is 0.310 e. The maximum atomic E-state index is 13.9. The van der Waals surface area contributed by atoms with Gasteiger partial charge < -0.3 is 10.6 Å². The van der Waals surface area contributed by atoms with Crippen LogP contribution in [0.25, 0.3) is 0 Å². The number of rotatable bonds is 7. The number of nitrogens with one attached hydrogen (secondary N) is 3. The first-order valence-corrected chi connectivity index (χ1v) is 12.3. The van der Waals surface area contributed by atoms with Gasteiger partial charge in [-0.15, -0.1) is 0 Å². The Morgan fingerprint density at radius 3 is 1.90 bits per heavy atom. The number of sulfonamides is 1. The number of anilines is 1. The van der Waals surface area contributed by atoms with Crippen molar-refractivity contribution in [2.24, 2.45) is 0 Å². The van der Waals surface area contributed by atoms with E-state index in [1.54, 1.807) is 0 Å². The normalized spacial score (nSPS) is 14.4. The van der Waals surface area contributed by atoms with Crippen LogP contribution in [0, 0.1) is 5.82 Å². The molecule has 0 radical (unpaired) electrons. The summed E-state index contributed by atoms with van der Waals surface area (Å²) < 4.78 is 102. The van der Waals surface area contributed by atoms with Gasteiger partial charge >= 0.3 is 10.2 Å². The van der Waals surface area contributed by atoms with Crippen molar-refractivity contribution in [2.75, 3.05) is 11.0 Å². The number of thiocarbonyl (C=S) groups is 1. The third-order valence-corrected chi connectivity index (χ3v) is 5.65. The summed E-state index contributed by atoms with van der Waals surface area (Å²) in [7, 11) is -13.3. The molecule has 0 fully saturated rings. The highest BCUT2D eigenvalue weighted by Crippen LogP contribution is 3.02. The largest absolute Gasteiger partial charge is 0.359 e. The second kappa shape index (κ2) is 7.50. The van der Waals surface area contributed by atoms with Gasteiger partial charge in [-0.2, -0.15) is 0 Å². The van der Waals surface area contributed by atoms with Crippen LogP contribution in [0.3, 0.4) is 0 Å². The molecule has 0 heterocycles. The molecule has 0 amide bonds. The Kier molecular flexibility index (Phi) is 6.02. The molecule has 0 unspecified atom stereocenters. The topological polar surface area (TPSA) is 70.2 Å². The molecule has 0 saturated heterocycles. The van der Waals surface area contributed by atoms with Crippen molar-refractivity contribution in [2.45, 2.75) is 18.0 Å². The monoisotopic (exact) mass is 493 g/mol. The summed E-state index contributed by atoms with van der Waals surface area (Å²) in [5.74, 6) is -0.789. The Labute approximate surface area is 174 Å². The minimum absolute atomic E-state index is 0.0298. The van der Waals surface area contributed by atoms with Crippen LogP contribution in [-0.2, 0) is 23.1 Å². The number of benzene rings is 2. The second-order valence-electron chi connectivity index (χ2n) is 6.34. The van der Waals surface area contributed by atoms with Crippen LogP contribution in [0.2, 0.25) is 0 Å². The molecule has 0 aliphatic rings. The first-order valence-electron chi connectivity index (χ1n) is 8.04. The summed E-state index contributed by atoms with van der Waals surface area (Å²) in [6.45, 7) is 0.0447. The number of hydrogen-bond donors (Lipinski definition) is 3. The number of halogens is 6. The maximum absolute atomic E-state index is 13.9. The Morgan fingerprint density at radius 2 is 1.43 bits per heavy atom. The van der Waals surface area contributed by atoms with Crippen LogP contribution in [0.1, 0.15) is 11.1 Å². The zero-order valence-corrected chi connectivity index (χ0v) is 17.7. The van der Waals surface area contributed by atoms with Gasteiger partial charge in [-0.1, -0.05) is 37.6 Å². The third kappa shape index (κ3) is 7.57. The minimum Gasteiger partial charge on any atom is -0.359 e. The lowest BCUT2D eigenvalue weighted by Crippen LogP contribution is -2.34. The van der Waals surface area contributed by atoms with Gasteiger partial charge in [0.15, 0.2) is 5.11 Å². The second-order valence-corrected chi connectivity index (χ2v) is 10.9. The summed E-state index contributed by atoms with van der Waals surface area (Å²) in [6, 6.07) is 6.24. The molecule has 5 nitrogen and oxygen atoms in total. The van der Waals surface area contributed by atoms with Crippen molar-refractivity contribution in [1.29, 1.82) is 0 Å². The number of hydrogen-bond acceptors (Lipinski definition) is 3. The fourth-order valence-corrected chi connectivity index (χ4v) is 3.60. The van der Waals surface area contributed by atoms with Gasteiger partial charge in [-0.3, -0.25) is 4.72 Å². The van der Waals surface area contributed by atoms with Crippen molar-refractivity contribution in [3.05, 3.63) is 59.4 Å². The van der Waals surface area contributed by atoms with Crippen LogP contribution < -0.4 is 15.4 Å². The molecule has 0 saturated carbocycles. The Balaban J connectivity index is 1.89. The van der Waals surface area contributed by atoms with E-state index >= 15 is 0 Å². The molecule has 0 bridgehead atoms. The van der Waals surface area contributed by atoms with Gasteiger partial charge in [0, 0.05) is 13.1 Å². The van der Waals surface area contributed by atoms with E-state index in [0.29, 0.717) is 17.7 Å². The van der Waals surface area contributed by atoms with Gasteiger partial charge in [0.2, 0.25) is 10.0 Å². The fourth-order valence-electron chi connectivity index (χ4n) is 2.24. The molecule has 0 spiro atoms. The van der Waals surface area contributed by atoms with E-state index in [4.69, 9.17) is 12.2 Å². The standard InChI is InChI=1S/C16H17F6N3O2S3/c1-29(26,27)25-15-7-4-12(8-14(15)17)10-24-16(28)23-9-11-2-5-13(6-3-11)30(18,19,20,21)22/h2-8,25H,9-10H2,1H3,(H2,23,24,28). The van der Waals surface area contributed by atoms with E-state index in [1.807, 2.05) is 4.72 Å². The summed E-state index contributed by atoms with van der Waals surface area (Å²) in [5, 5.41) is 5.50. The molecular formula is C16H17F6N3O2S3. The highest BCUT2D eigenvalue weighted by atomic mass is 32.5. The lowest BCUT2D eigenvalue weighted by atomic mass is 10.2. The van der Waals surface area contributed by atoms with Crippen LogP contribution in [0.4, 0.5) is 29.5 Å². The van der Waals surface area contributed by atoms with Gasteiger partial charge in [0.1, 0.15) is 10.7 Å². The zero-order chi connectivity index (χ0) is 22.9. The van der Waals surface area contributed by atoms with Gasteiger partial charge in [-0.25, -0.2) is 12.8 Å². The molecule has 2 aromatic rings. The molecule has 0 aliphatic carbocycles. The van der Waals surface area contributed by atoms with Gasteiger partial charge in [0.25, 0.3) is 0 Å². The molecular weight excluding hydrogens is 476 g/mol. The van der Waals surface area contributed by atoms with Crippen LogP contribution in [-0.4, -0.2) is 19.8 Å². The van der Waals surface area contributed by atoms with Crippen molar-refractivity contribution in [3.63, 3.8) is 0 Å². The summed E-state index contributed by atoms with van der Waals surface area (Å²) in [4.78, 5) is -1.98. The van der Waals surface area contributed by atoms with Crippen molar-refractivity contribution < 1.29 is 32.2 Å². The van der Waals surface area contributed by atoms with E-state index in [0.717, 1.165) is 24.5 Å². The molecule has 30 heavy (non-hydrogen) atoms. The maximum Gasteiger partial charge on any atom is 0.310 e. The molecule has 168 valence electrons. The van der Waals surface area contributed by atoms with E-state index in [1.165, 1.54) is 12.1 Å². The van der Waals surface area contributed by atoms with Gasteiger partial charge in [0.05, 0.1) is 11.9 Å². The van der Waals surface area contributed by atoms with E-state index in [9.17, 15) is 32.2 Å². The zero-order valence-electron chi connectivity index (χ0n) is 15.3. The Hall–Kier alpha value is -2.19. The summed E-state index contributed by atoms with van der Waals surface area (Å²) in [6.07, 6.45) is 0.884. The first kappa shape index (κ1) is 24.1. The van der Waals surface area contributed by atoms with E-state index in [-0.39, 0.29) is 29.5 Å². The lowest BCUT2D eigenvalue weighted by molar-refractivity contribution is 0.364. The molecule has 3 N–H and O–H groups in total.